The average molecular weight is 392 g/mol. The van der Waals surface area contributed by atoms with E-state index in [0.717, 1.165) is 48.3 Å². The smallest absolute Gasteiger partial charge is 0.310 e. The van der Waals surface area contributed by atoms with Crippen LogP contribution in [0.15, 0.2) is 30.5 Å². The van der Waals surface area contributed by atoms with Crippen LogP contribution in [-0.4, -0.2) is 24.2 Å². The standard InChI is InChI=1S/C25H29NO3/c1-5-25(6-2)12-13-29-23-14-18(4)20(16-22(23)25)9-11-21-10-8-19(17-26-21)15-24(27)28-7-3/h8,10,14,16-17H,5-7,12-13,15H2,1-4H3. The van der Waals surface area contributed by atoms with E-state index in [1.165, 1.54) is 5.56 Å². The van der Waals surface area contributed by atoms with E-state index < -0.39 is 0 Å². The zero-order valence-electron chi connectivity index (χ0n) is 17.8. The summed E-state index contributed by atoms with van der Waals surface area (Å²) >= 11 is 0. The molecule has 4 heteroatoms. The van der Waals surface area contributed by atoms with Crippen LogP contribution < -0.4 is 4.74 Å². The highest BCUT2D eigenvalue weighted by Gasteiger charge is 2.35. The maximum Gasteiger partial charge on any atom is 0.310 e. The maximum absolute atomic E-state index is 11.6. The third-order valence-corrected chi connectivity index (χ3v) is 5.89. The van der Waals surface area contributed by atoms with Crippen molar-refractivity contribution in [2.45, 2.75) is 58.8 Å². The Morgan fingerprint density at radius 1 is 1.21 bits per heavy atom. The second-order valence-electron chi connectivity index (χ2n) is 7.53. The number of esters is 1. The molecule has 0 spiro atoms. The van der Waals surface area contributed by atoms with Crippen LogP contribution in [-0.2, 0) is 21.4 Å². The van der Waals surface area contributed by atoms with E-state index in [9.17, 15) is 4.79 Å². The number of pyridine rings is 1. The van der Waals surface area contributed by atoms with Gasteiger partial charge in [-0.25, -0.2) is 4.98 Å². The Hall–Kier alpha value is -2.80. The van der Waals surface area contributed by atoms with Crippen LogP contribution in [0.25, 0.3) is 0 Å². The molecule has 152 valence electrons. The lowest BCUT2D eigenvalue weighted by Gasteiger charge is -2.38. The third kappa shape index (κ3) is 4.62. The molecule has 0 amide bonds. The molecule has 0 unspecified atom stereocenters. The van der Waals surface area contributed by atoms with Gasteiger partial charge in [-0.2, -0.15) is 0 Å². The number of rotatable bonds is 5. The van der Waals surface area contributed by atoms with Gasteiger partial charge in [-0.15, -0.1) is 0 Å². The number of benzene rings is 1. The van der Waals surface area contributed by atoms with Crippen LogP contribution in [0.4, 0.5) is 0 Å². The fraction of sp³-hybridized carbons (Fsp3) is 0.440. The quantitative estimate of drug-likeness (QED) is 0.546. The Bertz CT molecular complexity index is 931. The minimum Gasteiger partial charge on any atom is -0.493 e. The van der Waals surface area contributed by atoms with Crippen molar-refractivity contribution in [3.8, 4) is 17.6 Å². The van der Waals surface area contributed by atoms with E-state index >= 15 is 0 Å². The zero-order valence-corrected chi connectivity index (χ0v) is 17.8. The Kier molecular flexibility index (Phi) is 6.59. The minimum atomic E-state index is -0.240. The molecule has 0 N–H and O–H groups in total. The molecule has 1 aliphatic rings. The van der Waals surface area contributed by atoms with Gasteiger partial charge in [0.2, 0.25) is 0 Å². The number of nitrogens with zero attached hydrogens (tertiary/aromatic N) is 1. The lowest BCUT2D eigenvalue weighted by molar-refractivity contribution is -0.142. The van der Waals surface area contributed by atoms with E-state index in [-0.39, 0.29) is 17.8 Å². The molecule has 0 saturated carbocycles. The van der Waals surface area contributed by atoms with Crippen LogP contribution in [0, 0.1) is 18.8 Å². The van der Waals surface area contributed by atoms with Crippen molar-refractivity contribution in [2.24, 2.45) is 0 Å². The van der Waals surface area contributed by atoms with Gasteiger partial charge in [0.05, 0.1) is 19.6 Å². The highest BCUT2D eigenvalue weighted by atomic mass is 16.5. The monoisotopic (exact) mass is 391 g/mol. The third-order valence-electron chi connectivity index (χ3n) is 5.89. The summed E-state index contributed by atoms with van der Waals surface area (Å²) in [6.45, 7) is 9.54. The van der Waals surface area contributed by atoms with E-state index in [1.807, 2.05) is 12.1 Å². The Labute approximate surface area is 173 Å². The van der Waals surface area contributed by atoms with Gasteiger partial charge < -0.3 is 9.47 Å². The normalized spacial score (nSPS) is 14.2. The Balaban J connectivity index is 1.85. The molecule has 0 saturated heterocycles. The average Bonchev–Trinajstić information content (AvgIpc) is 2.73. The fourth-order valence-electron chi connectivity index (χ4n) is 3.94. The van der Waals surface area contributed by atoms with E-state index in [1.54, 1.807) is 13.1 Å². The van der Waals surface area contributed by atoms with Crippen LogP contribution in [0.2, 0.25) is 0 Å². The minimum absolute atomic E-state index is 0.171. The topological polar surface area (TPSA) is 48.4 Å². The van der Waals surface area contributed by atoms with Gasteiger partial charge in [0, 0.05) is 22.7 Å². The number of ether oxygens (including phenoxy) is 2. The molecule has 4 nitrogen and oxygen atoms in total. The Morgan fingerprint density at radius 3 is 2.66 bits per heavy atom. The van der Waals surface area contributed by atoms with Crippen molar-refractivity contribution in [1.29, 1.82) is 0 Å². The lowest BCUT2D eigenvalue weighted by atomic mass is 9.71. The second kappa shape index (κ2) is 9.13. The van der Waals surface area contributed by atoms with Gasteiger partial charge in [-0.1, -0.05) is 25.8 Å². The first-order valence-electron chi connectivity index (χ1n) is 10.4. The van der Waals surface area contributed by atoms with Gasteiger partial charge >= 0.3 is 5.97 Å². The fourth-order valence-corrected chi connectivity index (χ4v) is 3.94. The van der Waals surface area contributed by atoms with Crippen LogP contribution in [0.5, 0.6) is 5.75 Å². The van der Waals surface area contributed by atoms with Crippen molar-refractivity contribution in [3.63, 3.8) is 0 Å². The SMILES string of the molecule is CCOC(=O)Cc1ccc(C#Cc2cc3c(cc2C)OCCC3(CC)CC)nc1. The summed E-state index contributed by atoms with van der Waals surface area (Å²) in [5.41, 5.74) is 5.08. The summed E-state index contributed by atoms with van der Waals surface area (Å²) in [5, 5.41) is 0. The second-order valence-corrected chi connectivity index (χ2v) is 7.53. The largest absolute Gasteiger partial charge is 0.493 e. The van der Waals surface area contributed by atoms with Gasteiger partial charge in [-0.05, 0) is 68.4 Å². The van der Waals surface area contributed by atoms with Gasteiger partial charge in [0.1, 0.15) is 11.4 Å². The van der Waals surface area contributed by atoms with Gasteiger partial charge in [0.25, 0.3) is 0 Å². The first-order chi connectivity index (χ1) is 14.0. The van der Waals surface area contributed by atoms with E-state index in [4.69, 9.17) is 9.47 Å². The molecule has 1 aromatic carbocycles. The van der Waals surface area contributed by atoms with Crippen LogP contribution in [0.1, 0.15) is 68.0 Å². The molecule has 0 aliphatic carbocycles. The highest BCUT2D eigenvalue weighted by Crippen LogP contribution is 2.44. The number of aromatic nitrogens is 1. The molecular weight excluding hydrogens is 362 g/mol. The highest BCUT2D eigenvalue weighted by molar-refractivity contribution is 5.72. The molecule has 0 bridgehead atoms. The number of carbonyl (C=O) groups excluding carboxylic acids is 1. The molecule has 2 aromatic rings. The van der Waals surface area contributed by atoms with Crippen molar-refractivity contribution < 1.29 is 14.3 Å². The predicted octanol–water partition coefficient (Wildman–Crippen LogP) is 4.74. The number of fused-ring (bicyclic) bond motifs is 1. The van der Waals surface area contributed by atoms with Gasteiger partial charge in [0.15, 0.2) is 0 Å². The van der Waals surface area contributed by atoms with Gasteiger partial charge in [-0.3, -0.25) is 4.79 Å². The molecular formula is C25H29NO3. The molecule has 2 heterocycles. The first kappa shape index (κ1) is 20.9. The maximum atomic E-state index is 11.6. The molecule has 3 rings (SSSR count). The molecule has 0 atom stereocenters. The summed E-state index contributed by atoms with van der Waals surface area (Å²) in [5.74, 6) is 7.21. The summed E-state index contributed by atoms with van der Waals surface area (Å²) in [7, 11) is 0. The van der Waals surface area contributed by atoms with Crippen LogP contribution in [0.3, 0.4) is 0 Å². The Morgan fingerprint density at radius 2 is 2.00 bits per heavy atom. The van der Waals surface area contributed by atoms with Crippen LogP contribution >= 0.6 is 0 Å². The zero-order chi connectivity index (χ0) is 20.9. The lowest BCUT2D eigenvalue weighted by Crippen LogP contribution is -2.32. The summed E-state index contributed by atoms with van der Waals surface area (Å²) in [6, 6.07) is 8.05. The molecule has 29 heavy (non-hydrogen) atoms. The number of aryl methyl sites for hydroxylation is 1. The molecule has 1 aliphatic heterocycles. The number of hydrogen-bond acceptors (Lipinski definition) is 4. The van der Waals surface area contributed by atoms with Crippen molar-refractivity contribution in [2.75, 3.05) is 13.2 Å². The summed E-state index contributed by atoms with van der Waals surface area (Å²) in [6.07, 6.45) is 5.16. The number of hydrogen-bond donors (Lipinski definition) is 0. The molecule has 0 radical (unpaired) electrons. The van der Waals surface area contributed by atoms with E-state index in [0.29, 0.717) is 12.3 Å². The predicted molar refractivity (Wildman–Crippen MR) is 114 cm³/mol. The molecule has 0 fully saturated rings. The van der Waals surface area contributed by atoms with Crippen molar-refractivity contribution in [1.82, 2.24) is 4.98 Å². The first-order valence-corrected chi connectivity index (χ1v) is 10.4. The molecule has 1 aromatic heterocycles. The summed E-state index contributed by atoms with van der Waals surface area (Å²) in [4.78, 5) is 16.0. The van der Waals surface area contributed by atoms with E-state index in [2.05, 4.69) is 49.7 Å². The number of carbonyl (C=O) groups is 1. The van der Waals surface area contributed by atoms with Crippen molar-refractivity contribution >= 4 is 5.97 Å². The van der Waals surface area contributed by atoms with Crippen molar-refractivity contribution in [3.05, 3.63) is 58.4 Å². The summed E-state index contributed by atoms with van der Waals surface area (Å²) < 4.78 is 10.9.